The average Bonchev–Trinajstić information content (AvgIpc) is 3.12. The highest BCUT2D eigenvalue weighted by molar-refractivity contribution is 7.98. The lowest BCUT2D eigenvalue weighted by molar-refractivity contribution is 0.103. The largest absolute Gasteiger partial charge is 0.486 e. The lowest BCUT2D eigenvalue weighted by atomic mass is 10.1. The van der Waals surface area contributed by atoms with E-state index in [-0.39, 0.29) is 5.91 Å². The maximum atomic E-state index is 12.8. The van der Waals surface area contributed by atoms with Crippen LogP contribution in [-0.4, -0.2) is 19.1 Å². The van der Waals surface area contributed by atoms with E-state index in [0.29, 0.717) is 35.3 Å². The Morgan fingerprint density at radius 2 is 1.89 bits per heavy atom. The van der Waals surface area contributed by atoms with E-state index < -0.39 is 0 Å². The Morgan fingerprint density at radius 1 is 1.04 bits per heavy atom. The zero-order chi connectivity index (χ0) is 18.4. The molecule has 136 valence electrons. The van der Waals surface area contributed by atoms with Gasteiger partial charge in [-0.1, -0.05) is 17.7 Å². The summed E-state index contributed by atoms with van der Waals surface area (Å²) >= 11 is 9.37. The fourth-order valence-electron chi connectivity index (χ4n) is 3.15. The number of carbonyl (C=O) groups is 1. The Labute approximate surface area is 169 Å². The highest BCUT2D eigenvalue weighted by Crippen LogP contribution is 2.46. The Hall–Kier alpha value is -2.15. The molecule has 4 nitrogen and oxygen atoms in total. The van der Waals surface area contributed by atoms with Crippen LogP contribution in [0.3, 0.4) is 0 Å². The average molecular weight is 416 g/mol. The first-order chi connectivity index (χ1) is 13.2. The van der Waals surface area contributed by atoms with Gasteiger partial charge in [-0.3, -0.25) is 4.79 Å². The van der Waals surface area contributed by atoms with Gasteiger partial charge in [0.05, 0.1) is 4.88 Å². The molecule has 0 radical (unpaired) electrons. The SMILES string of the molecule is O=C(Nc1ccc2c(c1)OCCO2)c1cc2c(s1)-c1ccc(Cl)cc1SC2. The normalized spacial score (nSPS) is 14.3. The summed E-state index contributed by atoms with van der Waals surface area (Å²) < 4.78 is 11.1. The summed E-state index contributed by atoms with van der Waals surface area (Å²) in [6.07, 6.45) is 0. The van der Waals surface area contributed by atoms with Crippen molar-refractivity contribution >= 4 is 46.3 Å². The number of benzene rings is 2. The summed E-state index contributed by atoms with van der Waals surface area (Å²) in [7, 11) is 0. The van der Waals surface area contributed by atoms with E-state index in [9.17, 15) is 4.79 Å². The third-order valence-corrected chi connectivity index (χ3v) is 6.95. The van der Waals surface area contributed by atoms with Crippen molar-refractivity contribution in [1.29, 1.82) is 0 Å². The van der Waals surface area contributed by atoms with Gasteiger partial charge in [0.15, 0.2) is 11.5 Å². The lowest BCUT2D eigenvalue weighted by Gasteiger charge is -2.18. The molecule has 0 atom stereocenters. The zero-order valence-electron chi connectivity index (χ0n) is 14.1. The molecule has 7 heteroatoms. The van der Waals surface area contributed by atoms with Gasteiger partial charge in [-0.25, -0.2) is 0 Å². The van der Waals surface area contributed by atoms with Crippen LogP contribution in [0.25, 0.3) is 10.4 Å². The van der Waals surface area contributed by atoms with Gasteiger partial charge in [-0.05, 0) is 35.9 Å². The number of hydrogen-bond donors (Lipinski definition) is 1. The number of ether oxygens (including phenoxy) is 2. The molecule has 0 unspecified atom stereocenters. The van der Waals surface area contributed by atoms with Crippen molar-refractivity contribution in [2.45, 2.75) is 10.6 Å². The molecular weight excluding hydrogens is 402 g/mol. The molecule has 0 fully saturated rings. The van der Waals surface area contributed by atoms with Gasteiger partial charge in [0.1, 0.15) is 13.2 Å². The molecule has 27 heavy (non-hydrogen) atoms. The second kappa shape index (κ2) is 6.78. The standard InChI is InChI=1S/C20H14ClNO3S2/c21-12-1-3-14-17(8-12)26-10-11-7-18(27-19(11)14)20(23)22-13-2-4-15-16(9-13)25-6-5-24-15/h1-4,7-9H,5-6,10H2,(H,22,23). The molecule has 2 aliphatic rings. The maximum absolute atomic E-state index is 12.8. The number of anilines is 1. The smallest absolute Gasteiger partial charge is 0.265 e. The number of carbonyl (C=O) groups excluding carboxylic acids is 1. The van der Waals surface area contributed by atoms with Crippen LogP contribution in [0.5, 0.6) is 11.5 Å². The van der Waals surface area contributed by atoms with Crippen LogP contribution in [0.4, 0.5) is 5.69 Å². The Bertz CT molecular complexity index is 1060. The monoisotopic (exact) mass is 415 g/mol. The Kier molecular flexibility index (Phi) is 4.27. The van der Waals surface area contributed by atoms with Crippen LogP contribution in [0.15, 0.2) is 47.4 Å². The summed E-state index contributed by atoms with van der Waals surface area (Å²) in [5.41, 5.74) is 3.03. The van der Waals surface area contributed by atoms with Crippen LogP contribution in [-0.2, 0) is 5.75 Å². The molecular formula is C20H14ClNO3S2. The third-order valence-electron chi connectivity index (χ3n) is 4.40. The molecule has 1 aromatic heterocycles. The minimum absolute atomic E-state index is 0.119. The summed E-state index contributed by atoms with van der Waals surface area (Å²) in [4.78, 5) is 15.8. The van der Waals surface area contributed by atoms with E-state index in [2.05, 4.69) is 5.32 Å². The van der Waals surface area contributed by atoms with Crippen LogP contribution < -0.4 is 14.8 Å². The topological polar surface area (TPSA) is 47.6 Å². The highest BCUT2D eigenvalue weighted by Gasteiger charge is 2.22. The van der Waals surface area contributed by atoms with Crippen molar-refractivity contribution in [3.63, 3.8) is 0 Å². The predicted octanol–water partition coefficient (Wildman–Crippen LogP) is 5.70. The molecule has 0 aliphatic carbocycles. The number of rotatable bonds is 2. The number of thiophene rings is 1. The molecule has 1 N–H and O–H groups in total. The van der Waals surface area contributed by atoms with Crippen molar-refractivity contribution in [2.24, 2.45) is 0 Å². The van der Waals surface area contributed by atoms with Gasteiger partial charge in [-0.2, -0.15) is 0 Å². The van der Waals surface area contributed by atoms with Gasteiger partial charge in [-0.15, -0.1) is 23.1 Å². The first-order valence-electron chi connectivity index (χ1n) is 8.44. The van der Waals surface area contributed by atoms with E-state index in [4.69, 9.17) is 21.1 Å². The summed E-state index contributed by atoms with van der Waals surface area (Å²) in [5.74, 6) is 2.09. The molecule has 0 spiro atoms. The second-order valence-corrected chi connectivity index (χ2v) is 8.71. The van der Waals surface area contributed by atoms with Crippen LogP contribution in [0.2, 0.25) is 5.02 Å². The molecule has 5 rings (SSSR count). The van der Waals surface area contributed by atoms with Crippen molar-refractivity contribution in [3.05, 3.63) is 57.9 Å². The lowest BCUT2D eigenvalue weighted by Crippen LogP contribution is -2.16. The maximum Gasteiger partial charge on any atom is 0.265 e. The second-order valence-electron chi connectivity index (χ2n) is 6.21. The summed E-state index contributed by atoms with van der Waals surface area (Å²) in [5, 5.41) is 3.69. The minimum Gasteiger partial charge on any atom is -0.486 e. The van der Waals surface area contributed by atoms with Gasteiger partial charge < -0.3 is 14.8 Å². The van der Waals surface area contributed by atoms with Gasteiger partial charge in [0.2, 0.25) is 0 Å². The molecule has 3 aromatic rings. The minimum atomic E-state index is -0.119. The van der Waals surface area contributed by atoms with E-state index in [1.165, 1.54) is 16.9 Å². The van der Waals surface area contributed by atoms with Crippen molar-refractivity contribution in [3.8, 4) is 21.9 Å². The predicted molar refractivity (Wildman–Crippen MR) is 110 cm³/mol. The fourth-order valence-corrected chi connectivity index (χ4v) is 5.73. The third kappa shape index (κ3) is 3.18. The van der Waals surface area contributed by atoms with Gasteiger partial charge >= 0.3 is 0 Å². The van der Waals surface area contributed by atoms with E-state index in [1.54, 1.807) is 17.8 Å². The van der Waals surface area contributed by atoms with Gasteiger partial charge in [0, 0.05) is 37.9 Å². The molecule has 2 aromatic carbocycles. The Balaban J connectivity index is 1.41. The molecule has 0 saturated carbocycles. The number of thioether (sulfide) groups is 1. The molecule has 2 aliphatic heterocycles. The first-order valence-corrected chi connectivity index (χ1v) is 10.6. The molecule has 3 heterocycles. The summed E-state index contributed by atoms with van der Waals surface area (Å²) in [6.45, 7) is 1.06. The Morgan fingerprint density at radius 3 is 2.78 bits per heavy atom. The number of nitrogens with one attached hydrogen (secondary N) is 1. The van der Waals surface area contributed by atoms with E-state index in [0.717, 1.165) is 26.1 Å². The van der Waals surface area contributed by atoms with Crippen molar-refractivity contribution in [1.82, 2.24) is 0 Å². The van der Waals surface area contributed by atoms with Crippen LogP contribution >= 0.6 is 34.7 Å². The summed E-state index contributed by atoms with van der Waals surface area (Å²) in [6, 6.07) is 13.3. The first kappa shape index (κ1) is 17.0. The molecule has 0 saturated heterocycles. The fraction of sp³-hybridized carbons (Fsp3) is 0.150. The highest BCUT2D eigenvalue weighted by atomic mass is 35.5. The number of amides is 1. The van der Waals surface area contributed by atoms with Crippen molar-refractivity contribution in [2.75, 3.05) is 18.5 Å². The van der Waals surface area contributed by atoms with E-state index >= 15 is 0 Å². The number of fused-ring (bicyclic) bond motifs is 4. The van der Waals surface area contributed by atoms with Crippen molar-refractivity contribution < 1.29 is 14.3 Å². The van der Waals surface area contributed by atoms with Crippen LogP contribution in [0.1, 0.15) is 15.2 Å². The quantitative estimate of drug-likeness (QED) is 0.583. The van der Waals surface area contributed by atoms with Gasteiger partial charge in [0.25, 0.3) is 5.91 Å². The number of hydrogen-bond acceptors (Lipinski definition) is 5. The van der Waals surface area contributed by atoms with E-state index in [1.807, 2.05) is 36.4 Å². The number of halogens is 1. The zero-order valence-corrected chi connectivity index (χ0v) is 16.5. The molecule has 1 amide bonds. The van der Waals surface area contributed by atoms with Crippen LogP contribution in [0, 0.1) is 0 Å². The molecule has 0 bridgehead atoms.